The number of carboxylic acid groups (broad SMARTS) is 1. The fourth-order valence-corrected chi connectivity index (χ4v) is 4.01. The van der Waals surface area contributed by atoms with E-state index in [1.807, 2.05) is 12.1 Å². The number of halogens is 1. The van der Waals surface area contributed by atoms with Gasteiger partial charge in [0, 0.05) is 42.4 Å². The monoisotopic (exact) mass is 389 g/mol. The number of nitrogens with zero attached hydrogens (tertiary/aromatic N) is 1. The molecule has 1 aromatic rings. The van der Waals surface area contributed by atoms with Crippen LogP contribution in [-0.2, 0) is 9.59 Å². The van der Waals surface area contributed by atoms with Crippen molar-refractivity contribution in [1.29, 1.82) is 0 Å². The molecule has 1 aromatic carbocycles. The van der Waals surface area contributed by atoms with E-state index < -0.39 is 11.6 Å². The van der Waals surface area contributed by atoms with Crippen LogP contribution in [0.1, 0.15) is 44.1 Å². The molecule has 0 spiro atoms. The van der Waals surface area contributed by atoms with Gasteiger partial charge in [0.05, 0.1) is 5.92 Å². The Morgan fingerprint density at radius 1 is 1.11 bits per heavy atom. The van der Waals surface area contributed by atoms with Crippen LogP contribution in [0.2, 0.25) is 5.02 Å². The van der Waals surface area contributed by atoms with Gasteiger partial charge in [0.2, 0.25) is 5.91 Å². The minimum atomic E-state index is -1.10. The minimum Gasteiger partial charge on any atom is -0.481 e. The summed E-state index contributed by atoms with van der Waals surface area (Å²) in [5.41, 5.74) is -0.343. The normalized spacial score (nSPS) is 24.6. The van der Waals surface area contributed by atoms with Gasteiger partial charge in [-0.25, -0.2) is 0 Å². The summed E-state index contributed by atoms with van der Waals surface area (Å²) in [5, 5.41) is 20.4. The Kier molecular flexibility index (Phi) is 6.08. The van der Waals surface area contributed by atoms with Gasteiger partial charge in [-0.15, -0.1) is 0 Å². The van der Waals surface area contributed by atoms with Crippen LogP contribution in [0.5, 0.6) is 0 Å². The first-order chi connectivity index (χ1) is 12.9. The highest BCUT2D eigenvalue weighted by atomic mass is 35.5. The second-order valence-electron chi connectivity index (χ2n) is 7.50. The molecule has 1 heterocycles. The lowest BCUT2D eigenvalue weighted by molar-refractivity contribution is -0.146. The number of amides is 1. The molecule has 144 valence electrons. The van der Waals surface area contributed by atoms with Crippen LogP contribution in [0.25, 0.3) is 0 Å². The van der Waals surface area contributed by atoms with Crippen LogP contribution < -0.4 is 0 Å². The fraction of sp³-hybridized carbons (Fsp3) is 0.524. The van der Waals surface area contributed by atoms with Crippen molar-refractivity contribution >= 4 is 23.5 Å². The molecule has 0 unspecified atom stereocenters. The minimum absolute atomic E-state index is 0.0867. The third-order valence-electron chi connectivity index (χ3n) is 5.59. The van der Waals surface area contributed by atoms with E-state index in [0.717, 1.165) is 5.56 Å². The van der Waals surface area contributed by atoms with Gasteiger partial charge in [0.1, 0.15) is 5.60 Å². The quantitative estimate of drug-likeness (QED) is 0.762. The Morgan fingerprint density at radius 2 is 1.74 bits per heavy atom. The van der Waals surface area contributed by atoms with Gasteiger partial charge in [-0.05, 0) is 43.9 Å². The standard InChI is InChI=1S/C21H24ClNO4/c22-18-3-1-2-15(14-18)8-9-21(27)10-12-23(13-11-21)19(24)16-4-6-17(7-5-16)20(25)26/h1-3,14,16-17,27H,4-7,10-13H2,(H,25,26). The number of carbonyl (C=O) groups excluding carboxylic acids is 1. The maximum Gasteiger partial charge on any atom is 0.306 e. The molecule has 1 amide bonds. The number of rotatable bonds is 2. The molecule has 27 heavy (non-hydrogen) atoms. The molecule has 1 saturated carbocycles. The molecule has 6 heteroatoms. The lowest BCUT2D eigenvalue weighted by atomic mass is 9.81. The Morgan fingerprint density at radius 3 is 2.33 bits per heavy atom. The van der Waals surface area contributed by atoms with Crippen molar-refractivity contribution in [3.05, 3.63) is 34.9 Å². The smallest absolute Gasteiger partial charge is 0.306 e. The molecular formula is C21H24ClNO4. The first-order valence-corrected chi connectivity index (χ1v) is 9.77. The van der Waals surface area contributed by atoms with Crippen molar-refractivity contribution in [2.24, 2.45) is 11.8 Å². The average molecular weight is 390 g/mol. The molecule has 0 bridgehead atoms. The maximum atomic E-state index is 12.7. The molecule has 0 atom stereocenters. The molecule has 0 aromatic heterocycles. The van der Waals surface area contributed by atoms with Gasteiger partial charge >= 0.3 is 5.97 Å². The van der Waals surface area contributed by atoms with E-state index in [4.69, 9.17) is 16.7 Å². The summed E-state index contributed by atoms with van der Waals surface area (Å²) in [5.74, 6) is 4.83. The number of piperidine rings is 1. The van der Waals surface area contributed by atoms with Gasteiger partial charge < -0.3 is 15.1 Å². The molecule has 1 aliphatic carbocycles. The van der Waals surface area contributed by atoms with E-state index in [2.05, 4.69) is 11.8 Å². The summed E-state index contributed by atoms with van der Waals surface area (Å²) in [7, 11) is 0. The zero-order chi connectivity index (χ0) is 19.4. The first-order valence-electron chi connectivity index (χ1n) is 9.39. The van der Waals surface area contributed by atoms with E-state index >= 15 is 0 Å². The van der Waals surface area contributed by atoms with Crippen LogP contribution in [0.3, 0.4) is 0 Å². The molecule has 1 aliphatic heterocycles. The predicted molar refractivity (Wildman–Crippen MR) is 102 cm³/mol. The van der Waals surface area contributed by atoms with Crippen LogP contribution in [-0.4, -0.2) is 45.7 Å². The Hall–Kier alpha value is -2.03. The largest absolute Gasteiger partial charge is 0.481 e. The SMILES string of the molecule is O=C(O)C1CCC(C(=O)N2CCC(O)(C#Cc3cccc(Cl)c3)CC2)CC1. The summed E-state index contributed by atoms with van der Waals surface area (Å²) >= 11 is 5.95. The number of aliphatic hydroxyl groups is 1. The summed E-state index contributed by atoms with van der Waals surface area (Å²) < 4.78 is 0. The molecule has 1 saturated heterocycles. The summed E-state index contributed by atoms with van der Waals surface area (Å²) in [6.45, 7) is 0.941. The number of hydrogen-bond donors (Lipinski definition) is 2. The number of benzene rings is 1. The van der Waals surface area contributed by atoms with Crippen LogP contribution in [0.4, 0.5) is 0 Å². The molecule has 2 aliphatic rings. The van der Waals surface area contributed by atoms with Crippen molar-refractivity contribution < 1.29 is 19.8 Å². The van der Waals surface area contributed by atoms with Crippen molar-refractivity contribution in [1.82, 2.24) is 4.90 Å². The van der Waals surface area contributed by atoms with E-state index in [-0.39, 0.29) is 17.7 Å². The predicted octanol–water partition coefficient (Wildman–Crippen LogP) is 2.94. The highest BCUT2D eigenvalue weighted by molar-refractivity contribution is 6.30. The zero-order valence-electron chi connectivity index (χ0n) is 15.2. The molecule has 0 radical (unpaired) electrons. The molecule has 3 rings (SSSR count). The van der Waals surface area contributed by atoms with Gasteiger partial charge in [-0.2, -0.15) is 0 Å². The van der Waals surface area contributed by atoms with Gasteiger partial charge in [0.15, 0.2) is 0 Å². The summed E-state index contributed by atoms with van der Waals surface area (Å²) in [6, 6.07) is 7.19. The lowest BCUT2D eigenvalue weighted by Crippen LogP contribution is -2.48. The van der Waals surface area contributed by atoms with Gasteiger partial charge in [0.25, 0.3) is 0 Å². The molecule has 2 fully saturated rings. The number of aliphatic carboxylic acids is 1. The first kappa shape index (κ1) is 19.7. The molecular weight excluding hydrogens is 366 g/mol. The van der Waals surface area contributed by atoms with Crippen molar-refractivity contribution in [2.75, 3.05) is 13.1 Å². The van der Waals surface area contributed by atoms with E-state index in [9.17, 15) is 14.7 Å². The van der Waals surface area contributed by atoms with Crippen molar-refractivity contribution in [2.45, 2.75) is 44.1 Å². The second-order valence-corrected chi connectivity index (χ2v) is 7.94. The van der Waals surface area contributed by atoms with E-state index in [1.54, 1.807) is 17.0 Å². The molecule has 2 N–H and O–H groups in total. The van der Waals surface area contributed by atoms with Crippen LogP contribution in [0, 0.1) is 23.7 Å². The topological polar surface area (TPSA) is 77.8 Å². The van der Waals surface area contributed by atoms with Gasteiger partial charge in [-0.1, -0.05) is 29.5 Å². The Bertz CT molecular complexity index is 766. The van der Waals surface area contributed by atoms with Gasteiger partial charge in [-0.3, -0.25) is 9.59 Å². The second kappa shape index (κ2) is 8.33. The number of likely N-dealkylation sites (tertiary alicyclic amines) is 1. The Labute approximate surface area is 164 Å². The summed E-state index contributed by atoms with van der Waals surface area (Å²) in [4.78, 5) is 25.5. The van der Waals surface area contributed by atoms with E-state index in [1.165, 1.54) is 0 Å². The highest BCUT2D eigenvalue weighted by Gasteiger charge is 2.36. The third kappa shape index (κ3) is 5.03. The van der Waals surface area contributed by atoms with Crippen molar-refractivity contribution in [3.63, 3.8) is 0 Å². The summed E-state index contributed by atoms with van der Waals surface area (Å²) in [6.07, 6.45) is 3.22. The number of carboxylic acids is 1. The lowest BCUT2D eigenvalue weighted by Gasteiger charge is -2.37. The highest BCUT2D eigenvalue weighted by Crippen LogP contribution is 2.32. The third-order valence-corrected chi connectivity index (χ3v) is 5.83. The maximum absolute atomic E-state index is 12.7. The van der Waals surface area contributed by atoms with Crippen LogP contribution in [0.15, 0.2) is 24.3 Å². The van der Waals surface area contributed by atoms with Crippen molar-refractivity contribution in [3.8, 4) is 11.8 Å². The van der Waals surface area contributed by atoms with E-state index in [0.29, 0.717) is 56.6 Å². The zero-order valence-corrected chi connectivity index (χ0v) is 15.9. The fourth-order valence-electron chi connectivity index (χ4n) is 3.82. The Balaban J connectivity index is 1.54. The average Bonchev–Trinajstić information content (AvgIpc) is 2.67. The number of carbonyl (C=O) groups is 2. The molecule has 5 nitrogen and oxygen atoms in total. The van der Waals surface area contributed by atoms with Crippen LogP contribution >= 0.6 is 11.6 Å². The number of hydrogen-bond acceptors (Lipinski definition) is 3.